The van der Waals surface area contributed by atoms with Gasteiger partial charge in [0.1, 0.15) is 11.9 Å². The van der Waals surface area contributed by atoms with Crippen molar-refractivity contribution < 1.29 is 14.7 Å². The second kappa shape index (κ2) is 4.02. The van der Waals surface area contributed by atoms with Gasteiger partial charge in [-0.1, -0.05) is 0 Å². The molecule has 2 heterocycles. The van der Waals surface area contributed by atoms with Gasteiger partial charge < -0.3 is 5.11 Å². The Morgan fingerprint density at radius 3 is 2.47 bits per heavy atom. The fraction of sp³-hybridized carbons (Fsp3) is 0.364. The van der Waals surface area contributed by atoms with E-state index in [0.29, 0.717) is 0 Å². The summed E-state index contributed by atoms with van der Waals surface area (Å²) in [4.78, 5) is 28.8. The van der Waals surface area contributed by atoms with Gasteiger partial charge in [-0.05, 0) is 48.6 Å². The van der Waals surface area contributed by atoms with Crippen molar-refractivity contribution in [3.05, 3.63) is 21.9 Å². The summed E-state index contributed by atoms with van der Waals surface area (Å²) >= 11 is 2.08. The molecule has 1 atom stereocenters. The monoisotopic (exact) mass is 346 g/mol. The average molecular weight is 346 g/mol. The molecule has 0 spiro atoms. The summed E-state index contributed by atoms with van der Waals surface area (Å²) in [5.41, 5.74) is -1.10. The first-order valence-corrected chi connectivity index (χ1v) is 6.11. The van der Waals surface area contributed by atoms with Crippen molar-refractivity contribution in [2.24, 2.45) is 5.41 Å². The molecule has 1 aliphatic heterocycles. The highest BCUT2D eigenvalue weighted by Gasteiger charge is 2.53. The van der Waals surface area contributed by atoms with Gasteiger partial charge in [0.05, 0.1) is 5.41 Å². The molecule has 5 nitrogen and oxygen atoms in total. The standard InChI is InChI=1S/C11H11IN2O3/c1-11(2)8(15)9(16)14(10(11)17)7-4-3-6(12)5-13-7/h3-5,8,15H,1-2H3. The Bertz CT molecular complexity index is 484. The normalized spacial score (nSPS) is 23.3. The third-order valence-corrected chi connectivity index (χ3v) is 3.47. The van der Waals surface area contributed by atoms with Crippen molar-refractivity contribution in [1.29, 1.82) is 0 Å². The molecule has 1 N–H and O–H groups in total. The van der Waals surface area contributed by atoms with E-state index in [0.717, 1.165) is 8.47 Å². The van der Waals surface area contributed by atoms with Crippen LogP contribution in [0.15, 0.2) is 18.3 Å². The third kappa shape index (κ3) is 1.85. The molecule has 1 saturated heterocycles. The molecule has 1 aliphatic rings. The van der Waals surface area contributed by atoms with E-state index in [1.807, 2.05) is 0 Å². The van der Waals surface area contributed by atoms with Gasteiger partial charge in [0.15, 0.2) is 0 Å². The molecule has 0 aliphatic carbocycles. The van der Waals surface area contributed by atoms with Crippen molar-refractivity contribution in [2.75, 3.05) is 4.90 Å². The number of anilines is 1. The summed E-state index contributed by atoms with van der Waals surface area (Å²) in [5, 5.41) is 9.74. The van der Waals surface area contributed by atoms with Crippen molar-refractivity contribution in [2.45, 2.75) is 20.0 Å². The summed E-state index contributed by atoms with van der Waals surface area (Å²) in [6.45, 7) is 3.09. The lowest BCUT2D eigenvalue weighted by Crippen LogP contribution is -2.33. The van der Waals surface area contributed by atoms with E-state index < -0.39 is 23.3 Å². The fourth-order valence-corrected chi connectivity index (χ4v) is 1.97. The molecule has 0 aromatic carbocycles. The maximum Gasteiger partial charge on any atom is 0.264 e. The van der Waals surface area contributed by atoms with Crippen molar-refractivity contribution >= 4 is 40.2 Å². The largest absolute Gasteiger partial charge is 0.382 e. The number of aliphatic hydroxyl groups excluding tert-OH is 1. The maximum atomic E-state index is 12.0. The molecule has 90 valence electrons. The molecule has 1 fully saturated rings. The van der Waals surface area contributed by atoms with Crippen LogP contribution in [0.3, 0.4) is 0 Å². The van der Waals surface area contributed by atoms with Crippen LogP contribution in [-0.4, -0.2) is 28.0 Å². The lowest BCUT2D eigenvalue weighted by Gasteiger charge is -2.17. The van der Waals surface area contributed by atoms with Crippen LogP contribution < -0.4 is 4.90 Å². The predicted molar refractivity (Wildman–Crippen MR) is 69.2 cm³/mol. The lowest BCUT2D eigenvalue weighted by atomic mass is 9.89. The van der Waals surface area contributed by atoms with Crippen molar-refractivity contribution in [3.63, 3.8) is 0 Å². The highest BCUT2D eigenvalue weighted by Crippen LogP contribution is 2.34. The van der Waals surface area contributed by atoms with Gasteiger partial charge in [-0.2, -0.15) is 0 Å². The van der Waals surface area contributed by atoms with Gasteiger partial charge >= 0.3 is 0 Å². The van der Waals surface area contributed by atoms with Gasteiger partial charge in [-0.3, -0.25) is 9.59 Å². The number of carbonyl (C=O) groups is 2. The van der Waals surface area contributed by atoms with E-state index in [1.54, 1.807) is 32.2 Å². The number of amides is 2. The number of hydrogen-bond acceptors (Lipinski definition) is 4. The molecule has 2 rings (SSSR count). The first kappa shape index (κ1) is 12.4. The smallest absolute Gasteiger partial charge is 0.264 e. The average Bonchev–Trinajstić information content (AvgIpc) is 2.43. The summed E-state index contributed by atoms with van der Waals surface area (Å²) in [6, 6.07) is 3.34. The highest BCUT2D eigenvalue weighted by atomic mass is 127. The van der Waals surface area contributed by atoms with Crippen LogP contribution in [0, 0.1) is 8.99 Å². The van der Waals surface area contributed by atoms with E-state index in [2.05, 4.69) is 27.6 Å². The summed E-state index contributed by atoms with van der Waals surface area (Å²) in [7, 11) is 0. The Hall–Kier alpha value is -1.02. The minimum absolute atomic E-state index is 0.255. The molecule has 2 amide bonds. The Balaban J connectivity index is 2.44. The molecule has 0 saturated carbocycles. The molecule has 17 heavy (non-hydrogen) atoms. The summed E-state index contributed by atoms with van der Waals surface area (Å²) in [5.74, 6) is -0.789. The molecule has 6 heteroatoms. The van der Waals surface area contributed by atoms with E-state index in [-0.39, 0.29) is 5.82 Å². The van der Waals surface area contributed by atoms with Crippen molar-refractivity contribution in [1.82, 2.24) is 4.98 Å². The van der Waals surface area contributed by atoms with Crippen LogP contribution in [-0.2, 0) is 9.59 Å². The van der Waals surface area contributed by atoms with Gasteiger partial charge in [0, 0.05) is 9.77 Å². The number of carbonyl (C=O) groups excluding carboxylic acids is 2. The number of rotatable bonds is 1. The molecule has 1 unspecified atom stereocenters. The Morgan fingerprint density at radius 2 is 2.06 bits per heavy atom. The topological polar surface area (TPSA) is 70.5 Å². The van der Waals surface area contributed by atoms with Gasteiger partial charge in [-0.25, -0.2) is 9.88 Å². The minimum Gasteiger partial charge on any atom is -0.382 e. The molecule has 1 aromatic heterocycles. The molecule has 0 radical (unpaired) electrons. The van der Waals surface area contributed by atoms with Crippen LogP contribution >= 0.6 is 22.6 Å². The molecular weight excluding hydrogens is 335 g/mol. The fourth-order valence-electron chi connectivity index (χ4n) is 1.65. The van der Waals surface area contributed by atoms with Crippen LogP contribution in [0.4, 0.5) is 5.82 Å². The number of imide groups is 1. The van der Waals surface area contributed by atoms with E-state index >= 15 is 0 Å². The quantitative estimate of drug-likeness (QED) is 0.607. The number of aliphatic hydroxyl groups is 1. The number of aromatic nitrogens is 1. The van der Waals surface area contributed by atoms with Gasteiger partial charge in [0.25, 0.3) is 5.91 Å². The van der Waals surface area contributed by atoms with Crippen LogP contribution in [0.1, 0.15) is 13.8 Å². The zero-order valence-electron chi connectivity index (χ0n) is 9.35. The molecule has 1 aromatic rings. The van der Waals surface area contributed by atoms with E-state index in [4.69, 9.17) is 0 Å². The van der Waals surface area contributed by atoms with Gasteiger partial charge in [-0.15, -0.1) is 0 Å². The predicted octanol–water partition coefficient (Wildman–Crippen LogP) is 0.946. The summed E-state index contributed by atoms with van der Waals surface area (Å²) < 4.78 is 0.908. The number of hydrogen-bond donors (Lipinski definition) is 1. The third-order valence-electron chi connectivity index (χ3n) is 2.83. The number of halogens is 1. The number of pyridine rings is 1. The summed E-state index contributed by atoms with van der Waals surface area (Å²) in [6.07, 6.45) is 0.254. The maximum absolute atomic E-state index is 12.0. The second-order valence-electron chi connectivity index (χ2n) is 4.44. The SMILES string of the molecule is CC1(C)C(=O)N(c2ccc(I)cn2)C(=O)C1O. The Labute approximate surface area is 112 Å². The van der Waals surface area contributed by atoms with Crippen LogP contribution in [0.2, 0.25) is 0 Å². The molecule has 0 bridgehead atoms. The minimum atomic E-state index is -1.31. The first-order chi connectivity index (χ1) is 7.85. The zero-order valence-corrected chi connectivity index (χ0v) is 11.5. The highest BCUT2D eigenvalue weighted by molar-refractivity contribution is 14.1. The van der Waals surface area contributed by atoms with Crippen molar-refractivity contribution in [3.8, 4) is 0 Å². The van der Waals surface area contributed by atoms with Crippen LogP contribution in [0.5, 0.6) is 0 Å². The number of nitrogens with zero attached hydrogens (tertiary/aromatic N) is 2. The Morgan fingerprint density at radius 1 is 1.41 bits per heavy atom. The first-order valence-electron chi connectivity index (χ1n) is 5.03. The van der Waals surface area contributed by atoms with Gasteiger partial charge in [0.2, 0.25) is 5.91 Å². The van der Waals surface area contributed by atoms with E-state index in [1.165, 1.54) is 0 Å². The molecular formula is C11H11IN2O3. The lowest BCUT2D eigenvalue weighted by molar-refractivity contribution is -0.129. The zero-order chi connectivity index (χ0) is 12.8. The Kier molecular flexibility index (Phi) is 2.94. The second-order valence-corrected chi connectivity index (χ2v) is 5.68. The van der Waals surface area contributed by atoms with E-state index in [9.17, 15) is 14.7 Å². The van der Waals surface area contributed by atoms with Crippen LogP contribution in [0.25, 0.3) is 0 Å².